The number of benzene rings is 2. The molecule has 0 saturated heterocycles. The number of hydrogen-bond donors (Lipinski definition) is 0. The molecule has 0 N–H and O–H groups in total. The van der Waals surface area contributed by atoms with Crippen LogP contribution in [0.1, 0.15) is 40.1 Å². The lowest BCUT2D eigenvalue weighted by Crippen LogP contribution is -2.60. The molecular formula is C26H21ClF3N3O5S. The van der Waals surface area contributed by atoms with Crippen LogP contribution in [0.5, 0.6) is 5.75 Å². The molecule has 3 aromatic rings. The summed E-state index contributed by atoms with van der Waals surface area (Å²) in [4.78, 5) is 39.8. The van der Waals surface area contributed by atoms with Gasteiger partial charge in [0.05, 0.1) is 13.2 Å². The second kappa shape index (κ2) is 10.2. The van der Waals surface area contributed by atoms with Gasteiger partial charge in [-0.15, -0.1) is 11.8 Å². The van der Waals surface area contributed by atoms with Gasteiger partial charge in [-0.2, -0.15) is 13.2 Å². The Kier molecular flexibility index (Phi) is 7.02. The number of hydrogen-bond acceptors (Lipinski definition) is 7. The van der Waals surface area contributed by atoms with Gasteiger partial charge in [0.25, 0.3) is 5.91 Å². The summed E-state index contributed by atoms with van der Waals surface area (Å²) in [6.45, 7) is 0.359. The van der Waals surface area contributed by atoms with Crippen molar-refractivity contribution >= 4 is 35.4 Å². The fraction of sp³-hybridized carbons (Fsp3) is 0.269. The predicted molar refractivity (Wildman–Crippen MR) is 138 cm³/mol. The molecule has 0 saturated carbocycles. The van der Waals surface area contributed by atoms with Gasteiger partial charge in [0, 0.05) is 27.9 Å². The minimum Gasteiger partial charge on any atom is -0.437 e. The number of aromatic nitrogens is 1. The van der Waals surface area contributed by atoms with Gasteiger partial charge >= 0.3 is 12.3 Å². The van der Waals surface area contributed by atoms with Gasteiger partial charge in [0.15, 0.2) is 5.69 Å². The fourth-order valence-electron chi connectivity index (χ4n) is 4.71. The summed E-state index contributed by atoms with van der Waals surface area (Å²) >= 11 is 8.11. The Bertz CT molecular complexity index is 1530. The zero-order valence-electron chi connectivity index (χ0n) is 20.6. The number of ether oxygens (including phenoxy) is 2. The Balaban J connectivity index is 1.80. The summed E-state index contributed by atoms with van der Waals surface area (Å²) in [6.07, 6.45) is -4.80. The van der Waals surface area contributed by atoms with Gasteiger partial charge in [0.2, 0.25) is 11.2 Å². The summed E-state index contributed by atoms with van der Waals surface area (Å²) < 4.78 is 52.7. The molecule has 2 aliphatic heterocycles. The lowest BCUT2D eigenvalue weighted by molar-refractivity contribution is -0.173. The molecule has 1 amide bonds. The van der Waals surface area contributed by atoms with Crippen LogP contribution in [0.25, 0.3) is 0 Å². The minimum atomic E-state index is -4.78. The molecule has 13 heteroatoms. The summed E-state index contributed by atoms with van der Waals surface area (Å²) in [7, 11) is 1.00. The van der Waals surface area contributed by atoms with Gasteiger partial charge in [-0.1, -0.05) is 41.9 Å². The smallest absolute Gasteiger partial charge is 0.437 e. The van der Waals surface area contributed by atoms with E-state index in [1.165, 1.54) is 27.6 Å². The third-order valence-electron chi connectivity index (χ3n) is 6.70. The first-order valence-corrected chi connectivity index (χ1v) is 13.0. The number of thioether (sulfide) groups is 1. The van der Waals surface area contributed by atoms with E-state index in [9.17, 15) is 27.6 Å². The first-order chi connectivity index (χ1) is 18.5. The number of amides is 1. The molecule has 3 heterocycles. The summed E-state index contributed by atoms with van der Waals surface area (Å²) in [5.74, 6) is -1.36. The Morgan fingerprint density at radius 2 is 1.82 bits per heavy atom. The largest absolute Gasteiger partial charge is 0.513 e. The van der Waals surface area contributed by atoms with Crippen molar-refractivity contribution in [3.05, 3.63) is 92.4 Å². The third-order valence-corrected chi connectivity index (χ3v) is 8.17. The molecule has 2 atom stereocenters. The highest BCUT2D eigenvalue weighted by Gasteiger charge is 2.48. The first kappa shape index (κ1) is 26.9. The number of rotatable bonds is 3. The number of methoxy groups -OCH3 is 1. The molecule has 0 spiro atoms. The molecule has 0 aliphatic carbocycles. The first-order valence-electron chi connectivity index (χ1n) is 11.7. The molecule has 0 radical (unpaired) electrons. The Morgan fingerprint density at radius 3 is 2.54 bits per heavy atom. The van der Waals surface area contributed by atoms with Crippen molar-refractivity contribution in [1.82, 2.24) is 9.58 Å². The number of carbonyl (C=O) groups excluding carboxylic acids is 2. The number of nitrogens with zero attached hydrogens (tertiary/aromatic N) is 3. The van der Waals surface area contributed by atoms with Crippen LogP contribution in [0.4, 0.5) is 18.0 Å². The number of pyridine rings is 1. The molecule has 0 unspecified atom stereocenters. The van der Waals surface area contributed by atoms with Crippen molar-refractivity contribution in [2.75, 3.05) is 18.8 Å². The van der Waals surface area contributed by atoms with Gasteiger partial charge in [-0.25, -0.2) is 4.79 Å². The fourth-order valence-corrected chi connectivity index (χ4v) is 6.18. The van der Waals surface area contributed by atoms with Crippen LogP contribution in [0.15, 0.2) is 64.4 Å². The van der Waals surface area contributed by atoms with E-state index in [0.29, 0.717) is 21.2 Å². The van der Waals surface area contributed by atoms with E-state index in [1.54, 1.807) is 12.1 Å². The van der Waals surface area contributed by atoms with Crippen LogP contribution in [0.3, 0.4) is 0 Å². The van der Waals surface area contributed by atoms with E-state index in [1.807, 2.05) is 30.3 Å². The molecule has 8 nitrogen and oxygen atoms in total. The maximum atomic E-state index is 14.0. The average molecular weight is 580 g/mol. The number of halogens is 4. The molecule has 2 aromatic carbocycles. The Morgan fingerprint density at radius 1 is 1.10 bits per heavy atom. The van der Waals surface area contributed by atoms with Gasteiger partial charge < -0.3 is 14.4 Å². The van der Waals surface area contributed by atoms with Crippen molar-refractivity contribution < 1.29 is 32.2 Å². The highest BCUT2D eigenvalue weighted by atomic mass is 35.5. The Hall–Kier alpha value is -3.64. The van der Waals surface area contributed by atoms with Crippen LogP contribution >= 0.6 is 23.4 Å². The molecule has 204 valence electrons. The van der Waals surface area contributed by atoms with E-state index in [-0.39, 0.29) is 0 Å². The van der Waals surface area contributed by atoms with Crippen molar-refractivity contribution in [2.24, 2.45) is 0 Å². The number of fused-ring (bicyclic) bond motifs is 3. The topological polar surface area (TPSA) is 81.1 Å². The van der Waals surface area contributed by atoms with E-state index < -0.39 is 53.9 Å². The SMILES string of the molecule is COC(=O)Oc1c2n(ccc1=O)N([C@@H]1c3ccccc3SCc3c(Cl)cccc31)CN([C@H](C)C(F)(F)F)C2=O. The number of carbonyl (C=O) groups is 2. The van der Waals surface area contributed by atoms with Gasteiger partial charge in [-0.05, 0) is 35.7 Å². The lowest BCUT2D eigenvalue weighted by Gasteiger charge is -2.46. The second-order valence-electron chi connectivity index (χ2n) is 8.87. The maximum absolute atomic E-state index is 14.0. The molecule has 2 aliphatic rings. The van der Waals surface area contributed by atoms with E-state index in [4.69, 9.17) is 16.3 Å². The third kappa shape index (κ3) is 4.71. The maximum Gasteiger partial charge on any atom is 0.513 e. The van der Waals surface area contributed by atoms with E-state index >= 15 is 0 Å². The van der Waals surface area contributed by atoms with Crippen molar-refractivity contribution in [3.8, 4) is 5.75 Å². The van der Waals surface area contributed by atoms with Crippen molar-refractivity contribution in [2.45, 2.75) is 35.8 Å². The normalized spacial score (nSPS) is 17.5. The van der Waals surface area contributed by atoms with Gasteiger partial charge in [-0.3, -0.25) is 19.3 Å². The Labute approximate surface area is 229 Å². The molecule has 0 bridgehead atoms. The van der Waals surface area contributed by atoms with E-state index in [0.717, 1.165) is 36.1 Å². The zero-order chi connectivity index (χ0) is 28.1. The highest BCUT2D eigenvalue weighted by molar-refractivity contribution is 7.98. The average Bonchev–Trinajstić information content (AvgIpc) is 3.07. The lowest BCUT2D eigenvalue weighted by atomic mass is 9.94. The second-order valence-corrected chi connectivity index (χ2v) is 10.3. The highest BCUT2D eigenvalue weighted by Crippen LogP contribution is 2.45. The predicted octanol–water partition coefficient (Wildman–Crippen LogP) is 5.34. The summed E-state index contributed by atoms with van der Waals surface area (Å²) in [5.41, 5.74) is 0.854. The van der Waals surface area contributed by atoms with Crippen LogP contribution in [0, 0.1) is 0 Å². The van der Waals surface area contributed by atoms with Crippen LogP contribution in [0.2, 0.25) is 5.02 Å². The van der Waals surface area contributed by atoms with E-state index in [2.05, 4.69) is 4.74 Å². The molecule has 39 heavy (non-hydrogen) atoms. The van der Waals surface area contributed by atoms with Crippen LogP contribution in [-0.2, 0) is 10.5 Å². The van der Waals surface area contributed by atoms with Crippen LogP contribution < -0.4 is 15.2 Å². The summed E-state index contributed by atoms with van der Waals surface area (Å²) in [5, 5.41) is 2.02. The molecule has 5 rings (SSSR count). The molecule has 1 aromatic heterocycles. The number of alkyl halides is 3. The quantitative estimate of drug-likeness (QED) is 0.387. The van der Waals surface area contributed by atoms with Crippen molar-refractivity contribution in [1.29, 1.82) is 0 Å². The standard InChI is InChI=1S/C26H21ClF3N3O5S/c1-14(26(28,29)30)31-13-33(32-11-10-19(34)23(22(32)24(31)35)38-25(36)37-2)21-15-7-5-8-18(27)17(15)12-39-20-9-4-3-6-16(20)21/h3-11,14,21H,12-13H2,1-2H3/t14-,21+/m1/s1. The molecule has 0 fully saturated rings. The van der Waals surface area contributed by atoms with Gasteiger partial charge in [0.1, 0.15) is 12.7 Å². The van der Waals surface area contributed by atoms with Crippen LogP contribution in [-0.4, -0.2) is 47.6 Å². The minimum absolute atomic E-state index is 0.487. The molecular weight excluding hydrogens is 559 g/mol. The van der Waals surface area contributed by atoms with Crippen molar-refractivity contribution in [3.63, 3.8) is 0 Å². The monoisotopic (exact) mass is 579 g/mol. The zero-order valence-corrected chi connectivity index (χ0v) is 22.1. The summed E-state index contributed by atoms with van der Waals surface area (Å²) in [6, 6.07) is 10.8.